The molecule has 5 nitrogen and oxygen atoms in total. The molecule has 0 radical (unpaired) electrons. The Labute approximate surface area is 241 Å². The quantitative estimate of drug-likeness (QED) is 0.284. The van der Waals surface area contributed by atoms with E-state index in [1.54, 1.807) is 18.2 Å². The van der Waals surface area contributed by atoms with Crippen LogP contribution in [0.5, 0.6) is 0 Å². The third kappa shape index (κ3) is 6.23. The highest BCUT2D eigenvalue weighted by atomic mass is 79.9. The lowest BCUT2D eigenvalue weighted by molar-refractivity contribution is -0.143. The number of likely N-dealkylation sites (N-methyl/N-ethyl adjacent to an activating group) is 1. The lowest BCUT2D eigenvalue weighted by Gasteiger charge is -2.32. The lowest BCUT2D eigenvalue weighted by atomic mass is 9.81. The van der Waals surface area contributed by atoms with Crippen LogP contribution >= 0.6 is 15.9 Å². The molecule has 1 amide bonds. The Morgan fingerprint density at radius 3 is 2.15 bits per heavy atom. The standard InChI is InChI=1S/C29H28BrF6N3O2/c1-27(2,17-11-18(28(31,32)33)13-19(12-17)29(34,35)36)26(41)38(3)24-15-37-25(39-10-6-7-20(39)16-40)14-22(24)21-8-4-5-9-23(21)30/h4-5,8-9,11-15,20,40H,6-7,10,16H2,1-3H3/t20-/m0/s1. The Balaban J connectivity index is 1.82. The van der Waals surface area contributed by atoms with Crippen LogP contribution in [0.2, 0.25) is 0 Å². The van der Waals surface area contributed by atoms with Crippen molar-refractivity contribution in [2.75, 3.05) is 30.0 Å². The van der Waals surface area contributed by atoms with E-state index in [1.807, 2.05) is 17.0 Å². The number of aliphatic hydroxyl groups excluding tert-OH is 1. The van der Waals surface area contributed by atoms with Gasteiger partial charge in [0, 0.05) is 23.6 Å². The summed E-state index contributed by atoms with van der Waals surface area (Å²) in [7, 11) is 1.41. The molecule has 2 aromatic carbocycles. The Morgan fingerprint density at radius 2 is 1.59 bits per heavy atom. The molecule has 1 aromatic heterocycles. The highest BCUT2D eigenvalue weighted by Gasteiger charge is 2.41. The number of hydrogen-bond acceptors (Lipinski definition) is 4. The summed E-state index contributed by atoms with van der Waals surface area (Å²) >= 11 is 3.53. The third-order valence-corrected chi connectivity index (χ3v) is 8.12. The van der Waals surface area contributed by atoms with Gasteiger partial charge in [-0.2, -0.15) is 26.3 Å². The number of anilines is 2. The topological polar surface area (TPSA) is 56.7 Å². The monoisotopic (exact) mass is 643 g/mol. The zero-order chi connectivity index (χ0) is 30.3. The van der Waals surface area contributed by atoms with Gasteiger partial charge in [0.1, 0.15) is 5.82 Å². The van der Waals surface area contributed by atoms with Gasteiger partial charge in [-0.05, 0) is 68.1 Å². The van der Waals surface area contributed by atoms with E-state index in [9.17, 15) is 36.2 Å². The predicted octanol–water partition coefficient (Wildman–Crippen LogP) is 7.45. The van der Waals surface area contributed by atoms with E-state index in [0.29, 0.717) is 45.8 Å². The maximum atomic E-state index is 13.9. The van der Waals surface area contributed by atoms with Gasteiger partial charge in [-0.3, -0.25) is 4.79 Å². The molecule has 1 N–H and O–H groups in total. The van der Waals surface area contributed by atoms with Gasteiger partial charge in [0.2, 0.25) is 5.91 Å². The zero-order valence-electron chi connectivity index (χ0n) is 22.4. The summed E-state index contributed by atoms with van der Waals surface area (Å²) in [6, 6.07) is 10.1. The number of benzene rings is 2. The van der Waals surface area contributed by atoms with Crippen LogP contribution in [-0.2, 0) is 22.6 Å². The molecule has 4 rings (SSSR count). The van der Waals surface area contributed by atoms with Crippen LogP contribution in [-0.4, -0.2) is 42.2 Å². The van der Waals surface area contributed by atoms with Gasteiger partial charge in [0.25, 0.3) is 0 Å². The average Bonchev–Trinajstić information content (AvgIpc) is 3.40. The van der Waals surface area contributed by atoms with Crippen molar-refractivity contribution in [2.24, 2.45) is 0 Å². The van der Waals surface area contributed by atoms with Gasteiger partial charge in [0.05, 0.1) is 41.1 Å². The van der Waals surface area contributed by atoms with Gasteiger partial charge >= 0.3 is 12.4 Å². The Bertz CT molecular complexity index is 1410. The van der Waals surface area contributed by atoms with Gasteiger partial charge < -0.3 is 14.9 Å². The summed E-state index contributed by atoms with van der Waals surface area (Å²) in [5, 5.41) is 9.81. The molecule has 1 atom stereocenters. The fourth-order valence-corrected chi connectivity index (χ4v) is 5.55. The lowest BCUT2D eigenvalue weighted by Crippen LogP contribution is -2.42. The highest BCUT2D eigenvalue weighted by molar-refractivity contribution is 9.10. The number of nitrogens with zero attached hydrogens (tertiary/aromatic N) is 3. The second-order valence-electron chi connectivity index (χ2n) is 10.5. The van der Waals surface area contributed by atoms with E-state index < -0.39 is 40.4 Å². The summed E-state index contributed by atoms with van der Waals surface area (Å²) in [4.78, 5) is 21.6. The number of amides is 1. The largest absolute Gasteiger partial charge is 0.416 e. The SMILES string of the molecule is CN(C(=O)C(C)(C)c1cc(C(F)(F)F)cc(C(F)(F)F)c1)c1cnc(N2CCC[C@H]2CO)cc1-c1ccccc1Br. The molecule has 3 aromatic rings. The number of aromatic nitrogens is 1. The molecule has 0 aliphatic carbocycles. The van der Waals surface area contributed by atoms with Gasteiger partial charge in [-0.25, -0.2) is 4.98 Å². The van der Waals surface area contributed by atoms with Crippen molar-refractivity contribution in [1.29, 1.82) is 0 Å². The first kappa shape index (κ1) is 30.8. The van der Waals surface area contributed by atoms with Crippen LogP contribution < -0.4 is 9.80 Å². The first-order valence-corrected chi connectivity index (χ1v) is 13.6. The number of carbonyl (C=O) groups is 1. The second kappa shape index (κ2) is 11.3. The van der Waals surface area contributed by atoms with Crippen LogP contribution in [0, 0.1) is 0 Å². The minimum atomic E-state index is -5.05. The van der Waals surface area contributed by atoms with Crippen LogP contribution in [0.25, 0.3) is 11.1 Å². The van der Waals surface area contributed by atoms with Gasteiger partial charge in [-0.1, -0.05) is 34.1 Å². The number of aliphatic hydroxyl groups is 1. The summed E-state index contributed by atoms with van der Waals surface area (Å²) < 4.78 is 82.0. The molecule has 2 heterocycles. The number of pyridine rings is 1. The molecule has 0 spiro atoms. The molecular weight excluding hydrogens is 616 g/mol. The minimum absolute atomic E-state index is 0.0411. The van der Waals surface area contributed by atoms with Gasteiger partial charge in [-0.15, -0.1) is 0 Å². The molecule has 0 bridgehead atoms. The van der Waals surface area contributed by atoms with Crippen LogP contribution in [0.1, 0.15) is 43.4 Å². The van der Waals surface area contributed by atoms with Crippen molar-refractivity contribution >= 4 is 33.3 Å². The fraction of sp³-hybridized carbons (Fsp3) is 0.379. The molecule has 41 heavy (non-hydrogen) atoms. The minimum Gasteiger partial charge on any atom is -0.394 e. The van der Waals surface area contributed by atoms with Crippen molar-refractivity contribution in [3.05, 3.63) is 75.9 Å². The first-order valence-electron chi connectivity index (χ1n) is 12.8. The van der Waals surface area contributed by atoms with E-state index in [4.69, 9.17) is 0 Å². The molecule has 1 fully saturated rings. The molecular formula is C29H28BrF6N3O2. The number of hydrogen-bond donors (Lipinski definition) is 1. The predicted molar refractivity (Wildman–Crippen MR) is 148 cm³/mol. The normalized spacial score (nSPS) is 16.3. The van der Waals surface area contributed by atoms with Crippen LogP contribution in [0.4, 0.5) is 37.8 Å². The summed E-state index contributed by atoms with van der Waals surface area (Å²) in [6.45, 7) is 3.19. The molecule has 1 saturated heterocycles. The van der Waals surface area contributed by atoms with E-state index in [-0.39, 0.29) is 18.7 Å². The fourth-order valence-electron chi connectivity index (χ4n) is 5.05. The van der Waals surface area contributed by atoms with Crippen molar-refractivity contribution in [1.82, 2.24) is 4.98 Å². The van der Waals surface area contributed by atoms with Crippen LogP contribution in [0.3, 0.4) is 0 Å². The smallest absolute Gasteiger partial charge is 0.394 e. The molecule has 0 saturated carbocycles. The van der Waals surface area contributed by atoms with E-state index in [2.05, 4.69) is 20.9 Å². The zero-order valence-corrected chi connectivity index (χ0v) is 24.0. The molecule has 0 unspecified atom stereocenters. The van der Waals surface area contributed by atoms with E-state index in [1.165, 1.54) is 32.0 Å². The first-order chi connectivity index (χ1) is 19.1. The molecule has 12 heteroatoms. The van der Waals surface area contributed by atoms with Gasteiger partial charge in [0.15, 0.2) is 0 Å². The maximum absolute atomic E-state index is 13.9. The van der Waals surface area contributed by atoms with E-state index >= 15 is 0 Å². The number of rotatable bonds is 6. The number of alkyl halides is 6. The summed E-state index contributed by atoms with van der Waals surface area (Å²) in [5.41, 5.74) is -3.62. The van der Waals surface area contributed by atoms with Crippen molar-refractivity contribution < 1.29 is 36.2 Å². The Hall–Kier alpha value is -3.12. The van der Waals surface area contributed by atoms with E-state index in [0.717, 1.165) is 12.8 Å². The van der Waals surface area contributed by atoms with Crippen molar-refractivity contribution in [2.45, 2.75) is 50.5 Å². The van der Waals surface area contributed by atoms with Crippen LogP contribution in [0.15, 0.2) is 59.2 Å². The van der Waals surface area contributed by atoms with Crippen molar-refractivity contribution in [3.8, 4) is 11.1 Å². The molecule has 1 aliphatic rings. The second-order valence-corrected chi connectivity index (χ2v) is 11.3. The Morgan fingerprint density at radius 1 is 1.00 bits per heavy atom. The maximum Gasteiger partial charge on any atom is 0.416 e. The third-order valence-electron chi connectivity index (χ3n) is 7.42. The number of halogens is 7. The summed E-state index contributed by atoms with van der Waals surface area (Å²) in [6.07, 6.45) is -6.99. The summed E-state index contributed by atoms with van der Waals surface area (Å²) in [5.74, 6) is -0.161. The average molecular weight is 644 g/mol. The van der Waals surface area contributed by atoms with Crippen molar-refractivity contribution in [3.63, 3.8) is 0 Å². The molecule has 220 valence electrons. The highest BCUT2D eigenvalue weighted by Crippen LogP contribution is 2.42. The Kier molecular flexibility index (Phi) is 8.48. The molecule has 1 aliphatic heterocycles. The number of carbonyl (C=O) groups excluding carboxylic acids is 1.